The molecule has 4 rings (SSSR count). The van der Waals surface area contributed by atoms with Crippen LogP contribution in [0.1, 0.15) is 11.6 Å². The summed E-state index contributed by atoms with van der Waals surface area (Å²) in [6.45, 7) is 0. The van der Waals surface area contributed by atoms with Crippen molar-refractivity contribution in [2.75, 3.05) is 0 Å². The normalized spacial score (nSPS) is 10.3. The maximum absolute atomic E-state index is 4.56. The fraction of sp³-hybridized carbons (Fsp3) is 0.0667. The predicted molar refractivity (Wildman–Crippen MR) is 75.0 cm³/mol. The van der Waals surface area contributed by atoms with Gasteiger partial charge in [-0.2, -0.15) is 0 Å². The van der Waals surface area contributed by atoms with Gasteiger partial charge in [0.15, 0.2) is 0 Å². The monoisotopic (exact) mass is 318 g/mol. The van der Waals surface area contributed by atoms with E-state index >= 15 is 0 Å². The molecule has 0 unspecified atom stereocenters. The first-order valence-corrected chi connectivity index (χ1v) is 6.26. The summed E-state index contributed by atoms with van der Waals surface area (Å²) >= 11 is 0. The molecule has 0 bridgehead atoms. The molecule has 0 aliphatic rings. The molecule has 21 heavy (non-hydrogen) atoms. The topological polar surface area (TPSA) is 57.4 Å². The molecule has 4 aromatic rings. The third-order valence-electron chi connectivity index (χ3n) is 3.21. The Balaban J connectivity index is 0.000000807. The number of imidazole rings is 2. The largest absolute Gasteiger partial charge is 1.00 e. The Hall–Kier alpha value is -2.04. The molecule has 0 aliphatic carbocycles. The van der Waals surface area contributed by atoms with E-state index in [0.29, 0.717) is 6.42 Å². The lowest BCUT2D eigenvalue weighted by Crippen LogP contribution is -3.00. The van der Waals surface area contributed by atoms with Gasteiger partial charge in [0.2, 0.25) is 0 Å². The SMILES string of the molecule is [Cl-].[Cl-].c1ccc2[nH]c(Cc3nc4ccccc4[nH]3)nc2c1. The van der Waals surface area contributed by atoms with Crippen LogP contribution < -0.4 is 24.8 Å². The lowest BCUT2D eigenvalue weighted by atomic mass is 10.3. The molecule has 0 aliphatic heterocycles. The number of nitrogens with zero attached hydrogens (tertiary/aromatic N) is 2. The third kappa shape index (κ3) is 2.86. The quantitative estimate of drug-likeness (QED) is 0.415. The molecule has 2 aromatic heterocycles. The highest BCUT2D eigenvalue weighted by molar-refractivity contribution is 5.76. The molecule has 4 nitrogen and oxygen atoms in total. The Morgan fingerprint density at radius 2 is 1.10 bits per heavy atom. The number of nitrogens with one attached hydrogen (secondary N) is 2. The molecule has 0 fully saturated rings. The first-order valence-electron chi connectivity index (χ1n) is 6.26. The van der Waals surface area contributed by atoms with Gasteiger partial charge in [-0.15, -0.1) is 0 Å². The van der Waals surface area contributed by atoms with E-state index in [1.165, 1.54) is 0 Å². The molecule has 0 saturated carbocycles. The van der Waals surface area contributed by atoms with E-state index in [-0.39, 0.29) is 24.8 Å². The lowest BCUT2D eigenvalue weighted by Gasteiger charge is -1.90. The molecule has 6 heteroatoms. The van der Waals surface area contributed by atoms with Gasteiger partial charge >= 0.3 is 0 Å². The second-order valence-electron chi connectivity index (χ2n) is 4.58. The average Bonchev–Trinajstić information content (AvgIpc) is 3.00. The molecule has 108 valence electrons. The number of rotatable bonds is 2. The minimum absolute atomic E-state index is 0. The van der Waals surface area contributed by atoms with E-state index < -0.39 is 0 Å². The van der Waals surface area contributed by atoms with Crippen molar-refractivity contribution in [3.8, 4) is 0 Å². The van der Waals surface area contributed by atoms with E-state index in [1.807, 2.05) is 48.5 Å². The Kier molecular flexibility index (Phi) is 4.50. The second-order valence-corrected chi connectivity index (χ2v) is 4.58. The van der Waals surface area contributed by atoms with Crippen LogP contribution in [-0.2, 0) is 6.42 Å². The second kappa shape index (κ2) is 6.16. The number of benzene rings is 2. The number of fused-ring (bicyclic) bond motifs is 2. The van der Waals surface area contributed by atoms with Gasteiger partial charge < -0.3 is 34.8 Å². The van der Waals surface area contributed by atoms with Crippen LogP contribution in [0, 0.1) is 0 Å². The minimum Gasteiger partial charge on any atom is -1.00 e. The zero-order valence-corrected chi connectivity index (χ0v) is 12.5. The molecule has 0 spiro atoms. The molecule has 0 atom stereocenters. The van der Waals surface area contributed by atoms with Crippen molar-refractivity contribution in [3.63, 3.8) is 0 Å². The average molecular weight is 319 g/mol. The number of H-pyrrole nitrogens is 2. The van der Waals surface area contributed by atoms with Crippen LogP contribution in [0.2, 0.25) is 0 Å². The minimum atomic E-state index is 0. The van der Waals surface area contributed by atoms with Gasteiger partial charge in [0.05, 0.1) is 28.5 Å². The van der Waals surface area contributed by atoms with Crippen molar-refractivity contribution in [1.29, 1.82) is 0 Å². The van der Waals surface area contributed by atoms with Crippen LogP contribution in [0.25, 0.3) is 22.1 Å². The summed E-state index contributed by atoms with van der Waals surface area (Å²) in [4.78, 5) is 15.8. The molecule has 0 saturated heterocycles. The highest BCUT2D eigenvalue weighted by Crippen LogP contribution is 2.15. The number of aromatic nitrogens is 4. The van der Waals surface area contributed by atoms with Crippen LogP contribution in [0.4, 0.5) is 0 Å². The highest BCUT2D eigenvalue weighted by Gasteiger charge is 2.06. The molecule has 0 radical (unpaired) electrons. The molecular weight excluding hydrogens is 307 g/mol. The Morgan fingerprint density at radius 3 is 1.52 bits per heavy atom. The summed E-state index contributed by atoms with van der Waals surface area (Å²) in [5.74, 6) is 1.86. The fourth-order valence-electron chi connectivity index (χ4n) is 2.34. The fourth-order valence-corrected chi connectivity index (χ4v) is 2.34. The van der Waals surface area contributed by atoms with Crippen LogP contribution >= 0.6 is 0 Å². The summed E-state index contributed by atoms with van der Waals surface area (Å²) in [5.41, 5.74) is 4.12. The van der Waals surface area contributed by atoms with E-state index in [2.05, 4.69) is 19.9 Å². The smallest absolute Gasteiger partial charge is 0.114 e. The van der Waals surface area contributed by atoms with Gasteiger partial charge in [0.1, 0.15) is 11.6 Å². The number of hydrogen-bond donors (Lipinski definition) is 2. The first-order chi connectivity index (χ1) is 9.38. The van der Waals surface area contributed by atoms with Crippen LogP contribution in [0.3, 0.4) is 0 Å². The molecule has 2 N–H and O–H groups in total. The summed E-state index contributed by atoms with van der Waals surface area (Å²) < 4.78 is 0. The zero-order chi connectivity index (χ0) is 12.7. The highest BCUT2D eigenvalue weighted by atomic mass is 35.5. The Morgan fingerprint density at radius 1 is 0.667 bits per heavy atom. The van der Waals surface area contributed by atoms with Gasteiger partial charge in [-0.1, -0.05) is 24.3 Å². The van der Waals surface area contributed by atoms with Crippen molar-refractivity contribution in [2.45, 2.75) is 6.42 Å². The van der Waals surface area contributed by atoms with Gasteiger partial charge in [-0.25, -0.2) is 9.97 Å². The summed E-state index contributed by atoms with van der Waals surface area (Å²) in [7, 11) is 0. The molecule has 0 amide bonds. The Bertz CT molecular complexity index is 728. The van der Waals surface area contributed by atoms with E-state index in [1.54, 1.807) is 0 Å². The molecular formula is C15H12Cl2N4-2. The molecule has 2 heterocycles. The van der Waals surface area contributed by atoms with Gasteiger partial charge in [-0.05, 0) is 24.3 Å². The van der Waals surface area contributed by atoms with Crippen molar-refractivity contribution in [1.82, 2.24) is 19.9 Å². The maximum Gasteiger partial charge on any atom is 0.114 e. The van der Waals surface area contributed by atoms with Gasteiger partial charge in [0, 0.05) is 0 Å². The van der Waals surface area contributed by atoms with E-state index in [9.17, 15) is 0 Å². The van der Waals surface area contributed by atoms with Crippen molar-refractivity contribution in [3.05, 3.63) is 60.2 Å². The number of para-hydroxylation sites is 4. The number of aromatic amines is 2. The third-order valence-corrected chi connectivity index (χ3v) is 3.21. The number of halogens is 2. The van der Waals surface area contributed by atoms with Crippen molar-refractivity contribution < 1.29 is 24.8 Å². The summed E-state index contributed by atoms with van der Waals surface area (Å²) in [6.07, 6.45) is 0.684. The number of hydrogen-bond acceptors (Lipinski definition) is 2. The van der Waals surface area contributed by atoms with Crippen LogP contribution in [-0.4, -0.2) is 19.9 Å². The van der Waals surface area contributed by atoms with E-state index in [4.69, 9.17) is 0 Å². The van der Waals surface area contributed by atoms with Gasteiger partial charge in [0.25, 0.3) is 0 Å². The summed E-state index contributed by atoms with van der Waals surface area (Å²) in [6, 6.07) is 16.1. The Labute approximate surface area is 133 Å². The van der Waals surface area contributed by atoms with Crippen LogP contribution in [0.5, 0.6) is 0 Å². The maximum atomic E-state index is 4.56. The zero-order valence-electron chi connectivity index (χ0n) is 11.0. The van der Waals surface area contributed by atoms with Crippen molar-refractivity contribution >= 4 is 22.1 Å². The first kappa shape index (κ1) is 15.4. The lowest BCUT2D eigenvalue weighted by molar-refractivity contribution is -0.001000. The van der Waals surface area contributed by atoms with Gasteiger partial charge in [-0.3, -0.25) is 0 Å². The van der Waals surface area contributed by atoms with E-state index in [0.717, 1.165) is 33.7 Å². The van der Waals surface area contributed by atoms with Crippen molar-refractivity contribution in [2.24, 2.45) is 0 Å². The summed E-state index contributed by atoms with van der Waals surface area (Å²) in [5, 5.41) is 0. The standard InChI is InChI=1S/C15H12N4.2ClH/c1-2-6-11-10(5-1)16-14(17-11)9-15-18-12-7-3-4-8-13(12)19-15;;/h1-8H,9H2,(H,16,17)(H,18,19);2*1H/p-2. The molecule has 2 aromatic carbocycles. The van der Waals surface area contributed by atoms with Crippen LogP contribution in [0.15, 0.2) is 48.5 Å². The predicted octanol–water partition coefficient (Wildman–Crippen LogP) is -2.96.